The Morgan fingerprint density at radius 2 is 2.07 bits per heavy atom. The summed E-state index contributed by atoms with van der Waals surface area (Å²) < 4.78 is 5.54. The van der Waals surface area contributed by atoms with Crippen molar-refractivity contribution in [3.63, 3.8) is 0 Å². The van der Waals surface area contributed by atoms with Gasteiger partial charge in [0.25, 0.3) is 0 Å². The third kappa shape index (κ3) is 1.11. The minimum absolute atomic E-state index is 0.0277. The number of para-hydroxylation sites is 1. The number of furan rings is 1. The fourth-order valence-corrected chi connectivity index (χ4v) is 2.30. The molecule has 0 amide bonds. The third-order valence-corrected chi connectivity index (χ3v) is 3.22. The Balaban J connectivity index is 2.17. The molecule has 0 aliphatic carbocycles. The molecule has 0 bridgehead atoms. The van der Waals surface area contributed by atoms with Crippen LogP contribution in [0.15, 0.2) is 47.1 Å². The summed E-state index contributed by atoms with van der Waals surface area (Å²) in [5, 5.41) is 3.42. The van der Waals surface area contributed by atoms with Gasteiger partial charge in [-0.3, -0.25) is 0 Å². The maximum absolute atomic E-state index is 5.54. The van der Waals surface area contributed by atoms with Crippen LogP contribution in [0.2, 0.25) is 0 Å². The van der Waals surface area contributed by atoms with Crippen molar-refractivity contribution >= 4 is 5.69 Å². The summed E-state index contributed by atoms with van der Waals surface area (Å²) in [5.41, 5.74) is 2.51. The summed E-state index contributed by atoms with van der Waals surface area (Å²) >= 11 is 0. The van der Waals surface area contributed by atoms with Crippen LogP contribution in [0.4, 0.5) is 5.69 Å². The van der Waals surface area contributed by atoms with E-state index in [1.807, 2.05) is 12.1 Å². The van der Waals surface area contributed by atoms with Gasteiger partial charge in [-0.2, -0.15) is 0 Å². The summed E-state index contributed by atoms with van der Waals surface area (Å²) in [7, 11) is 0. The van der Waals surface area contributed by atoms with Gasteiger partial charge in [-0.1, -0.05) is 18.2 Å². The molecule has 0 spiro atoms. The van der Waals surface area contributed by atoms with E-state index in [2.05, 4.69) is 36.5 Å². The highest BCUT2D eigenvalue weighted by Gasteiger charge is 2.37. The molecule has 1 atom stereocenters. The van der Waals surface area contributed by atoms with Crippen LogP contribution < -0.4 is 5.32 Å². The first-order chi connectivity index (χ1) is 7.31. The van der Waals surface area contributed by atoms with Gasteiger partial charge in [-0.25, -0.2) is 0 Å². The third-order valence-electron chi connectivity index (χ3n) is 3.22. The van der Waals surface area contributed by atoms with E-state index >= 15 is 0 Å². The van der Waals surface area contributed by atoms with Crippen molar-refractivity contribution < 1.29 is 4.42 Å². The van der Waals surface area contributed by atoms with E-state index in [-0.39, 0.29) is 5.41 Å². The molecular weight excluding hydrogens is 186 g/mol. The molecule has 1 aliphatic heterocycles. The molecule has 1 aliphatic rings. The number of hydrogen-bond acceptors (Lipinski definition) is 2. The zero-order valence-corrected chi connectivity index (χ0v) is 8.66. The largest absolute Gasteiger partial charge is 0.468 e. The molecule has 0 fully saturated rings. The lowest BCUT2D eigenvalue weighted by molar-refractivity contribution is 0.429. The van der Waals surface area contributed by atoms with E-state index in [0.717, 1.165) is 12.3 Å². The van der Waals surface area contributed by atoms with Crippen LogP contribution in [0.25, 0.3) is 0 Å². The topological polar surface area (TPSA) is 25.2 Å². The second kappa shape index (κ2) is 2.89. The van der Waals surface area contributed by atoms with Crippen LogP contribution in [0.5, 0.6) is 0 Å². The normalized spacial score (nSPS) is 23.5. The molecular formula is C13H13NO. The molecule has 1 N–H and O–H groups in total. The van der Waals surface area contributed by atoms with E-state index in [9.17, 15) is 0 Å². The second-order valence-electron chi connectivity index (χ2n) is 4.21. The van der Waals surface area contributed by atoms with Crippen LogP contribution in [0.3, 0.4) is 0 Å². The highest BCUT2D eigenvalue weighted by atomic mass is 16.3. The van der Waals surface area contributed by atoms with Crippen LogP contribution in [0, 0.1) is 0 Å². The minimum atomic E-state index is -0.0277. The van der Waals surface area contributed by atoms with E-state index in [4.69, 9.17) is 4.42 Å². The highest BCUT2D eigenvalue weighted by Crippen LogP contribution is 2.41. The van der Waals surface area contributed by atoms with Crippen molar-refractivity contribution in [1.29, 1.82) is 0 Å². The van der Waals surface area contributed by atoms with Gasteiger partial charge >= 0.3 is 0 Å². The standard InChI is InChI=1S/C13H13NO/c1-13(12-7-4-8-15-12)9-14-11-6-3-2-5-10(11)13/h2-8,14H,9H2,1H3. The predicted molar refractivity (Wildman–Crippen MR) is 60.1 cm³/mol. The average Bonchev–Trinajstić information content (AvgIpc) is 2.88. The molecule has 0 radical (unpaired) electrons. The summed E-state index contributed by atoms with van der Waals surface area (Å²) in [5.74, 6) is 1.03. The summed E-state index contributed by atoms with van der Waals surface area (Å²) in [6, 6.07) is 12.4. The molecule has 15 heavy (non-hydrogen) atoms. The lowest BCUT2D eigenvalue weighted by atomic mass is 9.82. The maximum Gasteiger partial charge on any atom is 0.115 e. The molecule has 1 aromatic heterocycles. The van der Waals surface area contributed by atoms with Crippen LogP contribution >= 0.6 is 0 Å². The summed E-state index contributed by atoms with van der Waals surface area (Å²) in [4.78, 5) is 0. The number of hydrogen-bond donors (Lipinski definition) is 1. The van der Waals surface area contributed by atoms with Crippen LogP contribution in [-0.2, 0) is 5.41 Å². The Morgan fingerprint density at radius 3 is 2.87 bits per heavy atom. The van der Waals surface area contributed by atoms with E-state index < -0.39 is 0 Å². The number of fused-ring (bicyclic) bond motifs is 1. The van der Waals surface area contributed by atoms with Gasteiger partial charge in [0.1, 0.15) is 5.76 Å². The molecule has 2 heterocycles. The van der Waals surface area contributed by atoms with Gasteiger partial charge < -0.3 is 9.73 Å². The van der Waals surface area contributed by atoms with Gasteiger partial charge in [0.05, 0.1) is 11.7 Å². The zero-order chi connectivity index (χ0) is 10.3. The van der Waals surface area contributed by atoms with Crippen molar-refractivity contribution in [2.75, 3.05) is 11.9 Å². The summed E-state index contributed by atoms with van der Waals surface area (Å²) in [6.45, 7) is 3.12. The van der Waals surface area contributed by atoms with E-state index in [1.165, 1.54) is 11.3 Å². The Bertz CT molecular complexity index is 475. The maximum atomic E-state index is 5.54. The smallest absolute Gasteiger partial charge is 0.115 e. The molecule has 3 rings (SSSR count). The second-order valence-corrected chi connectivity index (χ2v) is 4.21. The van der Waals surface area contributed by atoms with Gasteiger partial charge in [-0.05, 0) is 30.7 Å². The molecule has 76 valence electrons. The highest BCUT2D eigenvalue weighted by molar-refractivity contribution is 5.62. The van der Waals surface area contributed by atoms with Crippen molar-refractivity contribution in [1.82, 2.24) is 0 Å². The first-order valence-corrected chi connectivity index (χ1v) is 5.18. The molecule has 1 aromatic carbocycles. The lowest BCUT2D eigenvalue weighted by Crippen LogP contribution is -2.25. The molecule has 2 nitrogen and oxygen atoms in total. The molecule has 1 unspecified atom stereocenters. The fraction of sp³-hybridized carbons (Fsp3) is 0.231. The summed E-state index contributed by atoms with van der Waals surface area (Å²) in [6.07, 6.45) is 1.74. The SMILES string of the molecule is CC1(c2ccco2)CNc2ccccc21. The predicted octanol–water partition coefficient (Wildman–Crippen LogP) is 3.01. The quantitative estimate of drug-likeness (QED) is 0.763. The number of benzene rings is 1. The van der Waals surface area contributed by atoms with Crippen molar-refractivity contribution in [2.45, 2.75) is 12.3 Å². The van der Waals surface area contributed by atoms with Crippen LogP contribution in [-0.4, -0.2) is 6.54 Å². The molecule has 0 saturated heterocycles. The first kappa shape index (κ1) is 8.60. The van der Waals surface area contributed by atoms with Crippen LogP contribution in [0.1, 0.15) is 18.2 Å². The van der Waals surface area contributed by atoms with Gasteiger partial charge in [-0.15, -0.1) is 0 Å². The fourth-order valence-electron chi connectivity index (χ4n) is 2.30. The first-order valence-electron chi connectivity index (χ1n) is 5.18. The average molecular weight is 199 g/mol. The Hall–Kier alpha value is -1.70. The monoisotopic (exact) mass is 199 g/mol. The molecule has 2 aromatic rings. The lowest BCUT2D eigenvalue weighted by Gasteiger charge is -2.21. The van der Waals surface area contributed by atoms with Gasteiger partial charge in [0, 0.05) is 12.2 Å². The Morgan fingerprint density at radius 1 is 1.20 bits per heavy atom. The number of anilines is 1. The number of nitrogens with one attached hydrogen (secondary N) is 1. The van der Waals surface area contributed by atoms with E-state index in [0.29, 0.717) is 0 Å². The Labute approximate surface area is 88.9 Å². The van der Waals surface area contributed by atoms with Gasteiger partial charge in [0.15, 0.2) is 0 Å². The van der Waals surface area contributed by atoms with Crippen molar-refractivity contribution in [3.8, 4) is 0 Å². The van der Waals surface area contributed by atoms with Crippen molar-refractivity contribution in [3.05, 3.63) is 54.0 Å². The number of rotatable bonds is 1. The zero-order valence-electron chi connectivity index (χ0n) is 8.66. The molecule has 2 heteroatoms. The van der Waals surface area contributed by atoms with E-state index in [1.54, 1.807) is 6.26 Å². The molecule has 0 saturated carbocycles. The Kier molecular flexibility index (Phi) is 1.66. The van der Waals surface area contributed by atoms with Crippen molar-refractivity contribution in [2.24, 2.45) is 0 Å². The minimum Gasteiger partial charge on any atom is -0.468 e. The van der Waals surface area contributed by atoms with Gasteiger partial charge in [0.2, 0.25) is 0 Å².